The molecule has 35 heavy (non-hydrogen) atoms. The van der Waals surface area contributed by atoms with Crippen LogP contribution in [0.1, 0.15) is 11.1 Å². The number of anilines is 1. The van der Waals surface area contributed by atoms with Crippen molar-refractivity contribution in [3.05, 3.63) is 83.9 Å². The average Bonchev–Trinajstić information content (AvgIpc) is 2.89. The van der Waals surface area contributed by atoms with Gasteiger partial charge in [0.15, 0.2) is 6.61 Å². The Kier molecular flexibility index (Phi) is 7.76. The van der Waals surface area contributed by atoms with E-state index >= 15 is 0 Å². The second-order valence-electron chi connectivity index (χ2n) is 8.57. The maximum atomic E-state index is 12.6. The molecule has 0 aromatic heterocycles. The number of benzene rings is 3. The summed E-state index contributed by atoms with van der Waals surface area (Å²) in [5.41, 5.74) is 4.58. The maximum Gasteiger partial charge on any atom is 0.260 e. The molecule has 1 fully saturated rings. The number of nitrogens with one attached hydrogen (secondary N) is 1. The molecule has 2 amide bonds. The number of amides is 2. The Labute approximate surface area is 205 Å². The Morgan fingerprint density at radius 2 is 1.49 bits per heavy atom. The number of hydrogen-bond acceptors (Lipinski definition) is 5. The normalized spacial score (nSPS) is 13.7. The quantitative estimate of drug-likeness (QED) is 0.572. The van der Waals surface area contributed by atoms with E-state index in [0.717, 1.165) is 22.4 Å². The van der Waals surface area contributed by atoms with Gasteiger partial charge < -0.3 is 15.0 Å². The van der Waals surface area contributed by atoms with Gasteiger partial charge in [0.25, 0.3) is 5.91 Å². The molecule has 0 radical (unpaired) electrons. The second-order valence-corrected chi connectivity index (χ2v) is 8.57. The molecule has 0 unspecified atom stereocenters. The molecule has 0 bridgehead atoms. The third-order valence-electron chi connectivity index (χ3n) is 5.99. The molecule has 7 heteroatoms. The van der Waals surface area contributed by atoms with Crippen LogP contribution in [0.5, 0.6) is 5.75 Å². The fraction of sp³-hybridized carbons (Fsp3) is 0.250. The molecule has 0 aliphatic carbocycles. The van der Waals surface area contributed by atoms with E-state index in [0.29, 0.717) is 44.0 Å². The number of hydrogen-bond donors (Lipinski definition) is 1. The standard InChI is InChI=1S/C28H28N4O3/c1-21-2-10-25(11-3-21)30-27(33)19-31-14-16-32(17-15-31)28(34)20-35-26-12-8-24(9-13-26)23-6-4-22(18-29)5-7-23/h2-13H,14-17,19-20H2,1H3,(H,30,33). The largest absolute Gasteiger partial charge is 0.484 e. The summed E-state index contributed by atoms with van der Waals surface area (Å²) in [6.45, 7) is 4.71. The van der Waals surface area contributed by atoms with Crippen LogP contribution >= 0.6 is 0 Å². The predicted molar refractivity (Wildman–Crippen MR) is 135 cm³/mol. The van der Waals surface area contributed by atoms with E-state index in [4.69, 9.17) is 10.00 Å². The van der Waals surface area contributed by atoms with Crippen LogP contribution in [-0.4, -0.2) is 60.9 Å². The van der Waals surface area contributed by atoms with Crippen LogP contribution in [0.25, 0.3) is 11.1 Å². The predicted octanol–water partition coefficient (Wildman–Crippen LogP) is 3.70. The lowest BCUT2D eigenvalue weighted by Crippen LogP contribution is -2.51. The molecule has 1 aliphatic heterocycles. The van der Waals surface area contributed by atoms with E-state index in [1.807, 2.05) is 67.6 Å². The lowest BCUT2D eigenvalue weighted by Gasteiger charge is -2.34. The number of nitrogens with zero attached hydrogens (tertiary/aromatic N) is 3. The molecule has 4 rings (SSSR count). The van der Waals surface area contributed by atoms with Gasteiger partial charge in [-0.1, -0.05) is 42.0 Å². The number of piperazine rings is 1. The fourth-order valence-corrected chi connectivity index (χ4v) is 3.91. The SMILES string of the molecule is Cc1ccc(NC(=O)CN2CCN(C(=O)COc3ccc(-c4ccc(C#N)cc4)cc3)CC2)cc1. The summed E-state index contributed by atoms with van der Waals surface area (Å²) in [6.07, 6.45) is 0. The summed E-state index contributed by atoms with van der Waals surface area (Å²) in [5.74, 6) is 0.508. The van der Waals surface area contributed by atoms with Gasteiger partial charge in [0.05, 0.1) is 18.2 Å². The minimum Gasteiger partial charge on any atom is -0.484 e. The van der Waals surface area contributed by atoms with E-state index in [1.165, 1.54) is 0 Å². The highest BCUT2D eigenvalue weighted by atomic mass is 16.5. The molecule has 0 saturated carbocycles. The Morgan fingerprint density at radius 1 is 0.886 bits per heavy atom. The topological polar surface area (TPSA) is 85.7 Å². The van der Waals surface area contributed by atoms with Gasteiger partial charge in [-0.3, -0.25) is 14.5 Å². The lowest BCUT2D eigenvalue weighted by molar-refractivity contribution is -0.135. The minimum absolute atomic E-state index is 0.0237. The number of carbonyl (C=O) groups excluding carboxylic acids is 2. The zero-order valence-electron chi connectivity index (χ0n) is 19.7. The van der Waals surface area contributed by atoms with Gasteiger partial charge in [-0.15, -0.1) is 0 Å². The van der Waals surface area contributed by atoms with E-state index in [9.17, 15) is 9.59 Å². The van der Waals surface area contributed by atoms with Crippen molar-refractivity contribution < 1.29 is 14.3 Å². The number of aryl methyl sites for hydroxylation is 1. The van der Waals surface area contributed by atoms with Gasteiger partial charge in [0, 0.05) is 31.9 Å². The Bertz CT molecular complexity index is 1190. The molecule has 3 aromatic carbocycles. The van der Waals surface area contributed by atoms with Crippen LogP contribution < -0.4 is 10.1 Å². The van der Waals surface area contributed by atoms with Crippen molar-refractivity contribution in [3.8, 4) is 22.9 Å². The summed E-state index contributed by atoms with van der Waals surface area (Å²) in [6, 6.07) is 24.8. The van der Waals surface area contributed by atoms with Crippen LogP contribution in [0, 0.1) is 18.3 Å². The third kappa shape index (κ3) is 6.69. The molecule has 3 aromatic rings. The van der Waals surface area contributed by atoms with Crippen molar-refractivity contribution in [1.82, 2.24) is 9.80 Å². The first-order valence-electron chi connectivity index (χ1n) is 11.6. The first kappa shape index (κ1) is 24.0. The van der Waals surface area contributed by atoms with Gasteiger partial charge in [0.1, 0.15) is 5.75 Å². The molecule has 7 nitrogen and oxygen atoms in total. The number of rotatable bonds is 7. The van der Waals surface area contributed by atoms with Gasteiger partial charge >= 0.3 is 0 Å². The zero-order valence-corrected chi connectivity index (χ0v) is 19.7. The molecule has 0 atom stereocenters. The summed E-state index contributed by atoms with van der Waals surface area (Å²) < 4.78 is 5.70. The van der Waals surface area contributed by atoms with E-state index < -0.39 is 0 Å². The minimum atomic E-state index is -0.0649. The number of carbonyl (C=O) groups is 2. The maximum absolute atomic E-state index is 12.6. The highest BCUT2D eigenvalue weighted by Crippen LogP contribution is 2.23. The molecule has 1 N–H and O–H groups in total. The molecular formula is C28H28N4O3. The van der Waals surface area contributed by atoms with Crippen LogP contribution in [0.3, 0.4) is 0 Å². The summed E-state index contributed by atoms with van der Waals surface area (Å²) >= 11 is 0. The zero-order chi connectivity index (χ0) is 24.6. The van der Waals surface area contributed by atoms with E-state index in [-0.39, 0.29) is 18.4 Å². The summed E-state index contributed by atoms with van der Waals surface area (Å²) in [5, 5.41) is 11.8. The van der Waals surface area contributed by atoms with Crippen LogP contribution in [0.15, 0.2) is 72.8 Å². The van der Waals surface area contributed by atoms with Crippen molar-refractivity contribution in [2.45, 2.75) is 6.92 Å². The number of ether oxygens (including phenoxy) is 1. The van der Waals surface area contributed by atoms with Gasteiger partial charge in [0.2, 0.25) is 5.91 Å². The molecule has 178 valence electrons. The Hall–Kier alpha value is -4.15. The Balaban J connectivity index is 1.19. The van der Waals surface area contributed by atoms with Crippen molar-refractivity contribution in [2.24, 2.45) is 0 Å². The number of nitriles is 1. The fourth-order valence-electron chi connectivity index (χ4n) is 3.91. The highest BCUT2D eigenvalue weighted by Gasteiger charge is 2.22. The molecule has 1 heterocycles. The molecule has 0 spiro atoms. The van der Waals surface area contributed by atoms with Crippen molar-refractivity contribution in [2.75, 3.05) is 44.6 Å². The van der Waals surface area contributed by atoms with Gasteiger partial charge in [-0.2, -0.15) is 5.26 Å². The monoisotopic (exact) mass is 468 g/mol. The highest BCUT2D eigenvalue weighted by molar-refractivity contribution is 5.92. The van der Waals surface area contributed by atoms with Crippen LogP contribution in [0.4, 0.5) is 5.69 Å². The molecular weight excluding hydrogens is 440 g/mol. The first-order valence-corrected chi connectivity index (χ1v) is 11.6. The van der Waals surface area contributed by atoms with Crippen molar-refractivity contribution in [3.63, 3.8) is 0 Å². The second kappa shape index (κ2) is 11.3. The summed E-state index contributed by atoms with van der Waals surface area (Å²) in [4.78, 5) is 28.7. The van der Waals surface area contributed by atoms with E-state index in [1.54, 1.807) is 17.0 Å². The molecule has 1 saturated heterocycles. The Morgan fingerprint density at radius 3 is 2.09 bits per heavy atom. The first-order chi connectivity index (χ1) is 17.0. The van der Waals surface area contributed by atoms with Crippen molar-refractivity contribution in [1.29, 1.82) is 5.26 Å². The van der Waals surface area contributed by atoms with Crippen molar-refractivity contribution >= 4 is 17.5 Å². The van der Waals surface area contributed by atoms with Gasteiger partial charge in [-0.25, -0.2) is 0 Å². The average molecular weight is 469 g/mol. The van der Waals surface area contributed by atoms with Gasteiger partial charge in [-0.05, 0) is 54.4 Å². The van der Waals surface area contributed by atoms with Crippen LogP contribution in [0.2, 0.25) is 0 Å². The molecule has 1 aliphatic rings. The van der Waals surface area contributed by atoms with E-state index in [2.05, 4.69) is 16.3 Å². The van der Waals surface area contributed by atoms with Crippen LogP contribution in [-0.2, 0) is 9.59 Å². The summed E-state index contributed by atoms with van der Waals surface area (Å²) in [7, 11) is 0. The lowest BCUT2D eigenvalue weighted by atomic mass is 10.0. The third-order valence-corrected chi connectivity index (χ3v) is 5.99. The smallest absolute Gasteiger partial charge is 0.260 e.